The van der Waals surface area contributed by atoms with Crippen LogP contribution in [0, 0.1) is 12.7 Å². The van der Waals surface area contributed by atoms with E-state index in [0.717, 1.165) is 0 Å². The molecule has 5 heteroatoms. The molecule has 1 rings (SSSR count). The van der Waals surface area contributed by atoms with Gasteiger partial charge in [-0.2, -0.15) is 0 Å². The molecule has 0 aliphatic heterocycles. The number of halogens is 1. The Labute approximate surface area is 93.1 Å². The molecule has 4 nitrogen and oxygen atoms in total. The van der Waals surface area contributed by atoms with Gasteiger partial charge in [-0.05, 0) is 19.9 Å². The highest BCUT2D eigenvalue weighted by Crippen LogP contribution is 2.18. The number of carbonyl (C=O) groups excluding carboxylic acids is 1. The fraction of sp³-hybridized carbons (Fsp3) is 0.364. The minimum absolute atomic E-state index is 0.119. The largest absolute Gasteiger partial charge is 0.473 e. The molecule has 1 aromatic heterocycles. The Bertz CT molecular complexity index is 399. The summed E-state index contributed by atoms with van der Waals surface area (Å²) >= 11 is 0. The van der Waals surface area contributed by atoms with Crippen LogP contribution in [0.25, 0.3) is 0 Å². The van der Waals surface area contributed by atoms with Gasteiger partial charge in [0.05, 0.1) is 11.2 Å². The summed E-state index contributed by atoms with van der Waals surface area (Å²) in [6, 6.07) is 1.22. The Kier molecular flexibility index (Phi) is 3.59. The molecule has 1 N–H and O–H groups in total. The van der Waals surface area contributed by atoms with Gasteiger partial charge in [0, 0.05) is 13.1 Å². The van der Waals surface area contributed by atoms with Crippen molar-refractivity contribution < 1.29 is 19.0 Å². The molecule has 1 heterocycles. The van der Waals surface area contributed by atoms with Crippen LogP contribution >= 0.6 is 0 Å². The molecule has 1 radical (unpaired) electrons. The highest BCUT2D eigenvalue weighted by atomic mass is 19.1. The van der Waals surface area contributed by atoms with Crippen LogP contribution < -0.4 is 4.74 Å². The average molecular weight is 226 g/mol. The fourth-order valence-corrected chi connectivity index (χ4v) is 0.985. The number of pyridine rings is 1. The second kappa shape index (κ2) is 4.57. The minimum atomic E-state index is -1.10. The van der Waals surface area contributed by atoms with Crippen molar-refractivity contribution in [2.75, 3.05) is 6.61 Å². The van der Waals surface area contributed by atoms with Crippen LogP contribution in [0.1, 0.15) is 24.2 Å². The third kappa shape index (κ3) is 3.27. The quantitative estimate of drug-likeness (QED) is 0.788. The van der Waals surface area contributed by atoms with Crippen LogP contribution in [-0.2, 0) is 0 Å². The molecule has 0 unspecified atom stereocenters. The van der Waals surface area contributed by atoms with Gasteiger partial charge < -0.3 is 9.84 Å². The van der Waals surface area contributed by atoms with Crippen LogP contribution in [0.5, 0.6) is 5.88 Å². The van der Waals surface area contributed by atoms with Crippen LogP contribution in [0.15, 0.2) is 12.3 Å². The van der Waals surface area contributed by atoms with E-state index in [1.165, 1.54) is 26.1 Å². The van der Waals surface area contributed by atoms with Gasteiger partial charge in [0.1, 0.15) is 6.61 Å². The molecule has 0 saturated heterocycles. The molecule has 0 saturated carbocycles. The van der Waals surface area contributed by atoms with Gasteiger partial charge in [0.15, 0.2) is 11.6 Å². The molecule has 0 aromatic carbocycles. The number of ether oxygens (including phenoxy) is 1. The third-order valence-electron chi connectivity index (χ3n) is 1.72. The van der Waals surface area contributed by atoms with Crippen molar-refractivity contribution in [2.24, 2.45) is 0 Å². The zero-order valence-electron chi connectivity index (χ0n) is 9.16. The number of aromatic nitrogens is 1. The lowest BCUT2D eigenvalue weighted by Gasteiger charge is -2.17. The Balaban J connectivity index is 2.90. The van der Waals surface area contributed by atoms with Crippen LogP contribution in [0.4, 0.5) is 4.39 Å². The van der Waals surface area contributed by atoms with Gasteiger partial charge in [-0.1, -0.05) is 0 Å². The molecule has 0 spiro atoms. The smallest absolute Gasteiger partial charge is 0.251 e. The molecule has 0 aliphatic rings. The molecule has 1 aromatic rings. The zero-order chi connectivity index (χ0) is 12.3. The van der Waals surface area contributed by atoms with Crippen molar-refractivity contribution in [3.05, 3.63) is 30.6 Å². The molecular formula is C11H13FNO3. The first-order valence-corrected chi connectivity index (χ1v) is 4.67. The van der Waals surface area contributed by atoms with Crippen molar-refractivity contribution in [1.29, 1.82) is 0 Å². The molecule has 0 atom stereocenters. The van der Waals surface area contributed by atoms with Crippen LogP contribution in [0.2, 0.25) is 0 Å². The highest BCUT2D eigenvalue weighted by molar-refractivity contribution is 5.99. The molecule has 87 valence electrons. The van der Waals surface area contributed by atoms with E-state index in [2.05, 4.69) is 11.9 Å². The van der Waals surface area contributed by atoms with E-state index in [4.69, 9.17) is 4.74 Å². The number of carbonyl (C=O) groups is 1. The predicted octanol–water partition coefficient (Wildman–Crippen LogP) is 1.39. The molecule has 16 heavy (non-hydrogen) atoms. The lowest BCUT2D eigenvalue weighted by molar-refractivity contribution is 0.0253. The number of Topliss-reactive ketones (excluding diaryl/α,β-unsaturated/α-hetero) is 1. The Morgan fingerprint density at radius 3 is 2.81 bits per heavy atom. The number of aliphatic hydroxyl groups is 1. The van der Waals surface area contributed by atoms with Gasteiger partial charge in [-0.3, -0.25) is 4.79 Å². The summed E-state index contributed by atoms with van der Waals surface area (Å²) in [7, 11) is 0. The van der Waals surface area contributed by atoms with E-state index in [-0.39, 0.29) is 18.1 Å². The summed E-state index contributed by atoms with van der Waals surface area (Å²) < 4.78 is 18.5. The highest BCUT2D eigenvalue weighted by Gasteiger charge is 2.18. The maximum atomic E-state index is 13.6. The van der Waals surface area contributed by atoms with E-state index >= 15 is 0 Å². The first kappa shape index (κ1) is 12.6. The van der Waals surface area contributed by atoms with Crippen molar-refractivity contribution >= 4 is 5.78 Å². The summed E-state index contributed by atoms with van der Waals surface area (Å²) in [4.78, 5) is 14.6. The lowest BCUT2D eigenvalue weighted by Crippen LogP contribution is -2.28. The summed E-state index contributed by atoms with van der Waals surface area (Å²) in [6.45, 7) is 6.02. The van der Waals surface area contributed by atoms with E-state index < -0.39 is 17.2 Å². The Morgan fingerprint density at radius 2 is 2.31 bits per heavy atom. The number of rotatable bonds is 4. The number of hydrogen-bond donors (Lipinski definition) is 1. The first-order valence-electron chi connectivity index (χ1n) is 4.67. The van der Waals surface area contributed by atoms with Gasteiger partial charge >= 0.3 is 0 Å². The van der Waals surface area contributed by atoms with Crippen molar-refractivity contribution in [3.8, 4) is 5.88 Å². The van der Waals surface area contributed by atoms with Crippen molar-refractivity contribution in [1.82, 2.24) is 4.98 Å². The number of nitrogens with zero attached hydrogens (tertiary/aromatic N) is 1. The minimum Gasteiger partial charge on any atom is -0.473 e. The first-order chi connectivity index (χ1) is 7.31. The second-order valence-electron chi connectivity index (χ2n) is 4.00. The number of hydrogen-bond acceptors (Lipinski definition) is 4. The van der Waals surface area contributed by atoms with E-state index in [1.54, 1.807) is 0 Å². The lowest BCUT2D eigenvalue weighted by atomic mass is 10.1. The van der Waals surface area contributed by atoms with Gasteiger partial charge in [0.2, 0.25) is 0 Å². The van der Waals surface area contributed by atoms with E-state index in [0.29, 0.717) is 0 Å². The maximum absolute atomic E-state index is 13.6. The third-order valence-corrected chi connectivity index (χ3v) is 1.72. The van der Waals surface area contributed by atoms with Gasteiger partial charge in [-0.15, -0.1) is 0 Å². The normalized spacial score (nSPS) is 11.3. The van der Waals surface area contributed by atoms with Crippen LogP contribution in [-0.4, -0.2) is 28.1 Å². The molecule has 0 aliphatic carbocycles. The van der Waals surface area contributed by atoms with Crippen molar-refractivity contribution in [3.63, 3.8) is 0 Å². The predicted molar refractivity (Wildman–Crippen MR) is 55.7 cm³/mol. The summed E-state index contributed by atoms with van der Waals surface area (Å²) in [5.74, 6) is -1.81. The molecular weight excluding hydrogens is 213 g/mol. The van der Waals surface area contributed by atoms with E-state index in [1.807, 2.05) is 0 Å². The number of ketones is 1. The van der Waals surface area contributed by atoms with E-state index in [9.17, 15) is 14.3 Å². The Hall–Kier alpha value is -1.49. The van der Waals surface area contributed by atoms with Gasteiger partial charge in [-0.25, -0.2) is 9.37 Å². The molecule has 0 amide bonds. The van der Waals surface area contributed by atoms with Gasteiger partial charge in [0.25, 0.3) is 5.88 Å². The summed E-state index contributed by atoms with van der Waals surface area (Å²) in [5.41, 5.74) is -1.28. The van der Waals surface area contributed by atoms with Crippen LogP contribution in [0.3, 0.4) is 0 Å². The zero-order valence-corrected chi connectivity index (χ0v) is 9.16. The monoisotopic (exact) mass is 226 g/mol. The topological polar surface area (TPSA) is 59.4 Å². The second-order valence-corrected chi connectivity index (χ2v) is 4.00. The summed E-state index contributed by atoms with van der Waals surface area (Å²) in [5, 5.41) is 9.39. The molecule has 0 bridgehead atoms. The maximum Gasteiger partial charge on any atom is 0.251 e. The van der Waals surface area contributed by atoms with Crippen molar-refractivity contribution in [2.45, 2.75) is 19.4 Å². The standard InChI is InChI=1S/C11H13FNO3/c1-7(14)8-4-5-13-10(9(8)12)16-6-11(2,3)15/h4-5,15H,1,6H2,2-3H3. The SMILES string of the molecule is [CH2]C(=O)c1ccnc(OCC(C)(C)O)c1F. The Morgan fingerprint density at radius 1 is 1.69 bits per heavy atom. The average Bonchev–Trinajstić information content (AvgIpc) is 2.14. The molecule has 0 fully saturated rings. The fourth-order valence-electron chi connectivity index (χ4n) is 0.985. The summed E-state index contributed by atoms with van der Waals surface area (Å²) in [6.07, 6.45) is 1.25.